The molecule has 0 aromatic carbocycles. The van der Waals surface area contributed by atoms with E-state index >= 15 is 0 Å². The SMILES string of the molecule is FC(F)(F)C1CCCC(Nc2ccc(Br)nc2)C1. The minimum absolute atomic E-state index is 0.117. The number of anilines is 1. The van der Waals surface area contributed by atoms with Crippen LogP contribution in [0.25, 0.3) is 0 Å². The normalized spacial score (nSPS) is 24.9. The van der Waals surface area contributed by atoms with E-state index < -0.39 is 12.1 Å². The van der Waals surface area contributed by atoms with Crippen molar-refractivity contribution in [3.63, 3.8) is 0 Å². The van der Waals surface area contributed by atoms with Crippen LogP contribution in [0, 0.1) is 5.92 Å². The van der Waals surface area contributed by atoms with Crippen molar-refractivity contribution >= 4 is 21.6 Å². The molecule has 0 aliphatic heterocycles. The van der Waals surface area contributed by atoms with Crippen LogP contribution in [-0.2, 0) is 0 Å². The average molecular weight is 323 g/mol. The largest absolute Gasteiger partial charge is 0.391 e. The molecule has 1 aliphatic rings. The molecule has 18 heavy (non-hydrogen) atoms. The third kappa shape index (κ3) is 3.60. The summed E-state index contributed by atoms with van der Waals surface area (Å²) >= 11 is 3.22. The van der Waals surface area contributed by atoms with Gasteiger partial charge in [-0.2, -0.15) is 13.2 Å². The number of nitrogens with one attached hydrogen (secondary N) is 1. The number of aromatic nitrogens is 1. The summed E-state index contributed by atoms with van der Waals surface area (Å²) in [7, 11) is 0. The van der Waals surface area contributed by atoms with E-state index in [0.717, 1.165) is 12.1 Å². The molecular formula is C12H14BrF3N2. The van der Waals surface area contributed by atoms with Crippen LogP contribution in [0.15, 0.2) is 22.9 Å². The summed E-state index contributed by atoms with van der Waals surface area (Å²) < 4.78 is 38.7. The van der Waals surface area contributed by atoms with Gasteiger partial charge in [0.25, 0.3) is 0 Å². The summed E-state index contributed by atoms with van der Waals surface area (Å²) in [6.45, 7) is 0. The first-order valence-corrected chi connectivity index (χ1v) is 6.69. The van der Waals surface area contributed by atoms with Crippen molar-refractivity contribution in [2.75, 3.05) is 5.32 Å². The molecule has 0 amide bonds. The number of pyridine rings is 1. The van der Waals surface area contributed by atoms with E-state index in [0.29, 0.717) is 11.0 Å². The van der Waals surface area contributed by atoms with E-state index in [1.807, 2.05) is 6.07 Å². The lowest BCUT2D eigenvalue weighted by atomic mass is 9.85. The number of hydrogen-bond acceptors (Lipinski definition) is 2. The Morgan fingerprint density at radius 3 is 2.67 bits per heavy atom. The first kappa shape index (κ1) is 13.6. The van der Waals surface area contributed by atoms with E-state index in [4.69, 9.17) is 0 Å². The Hall–Kier alpha value is -0.780. The molecule has 2 rings (SSSR count). The van der Waals surface area contributed by atoms with Crippen LogP contribution in [0.1, 0.15) is 25.7 Å². The van der Waals surface area contributed by atoms with Gasteiger partial charge in [0, 0.05) is 6.04 Å². The number of hydrogen-bond donors (Lipinski definition) is 1. The Morgan fingerprint density at radius 1 is 1.28 bits per heavy atom. The van der Waals surface area contributed by atoms with Crippen LogP contribution < -0.4 is 5.32 Å². The summed E-state index contributed by atoms with van der Waals surface area (Å²) in [6.07, 6.45) is -0.645. The summed E-state index contributed by atoms with van der Waals surface area (Å²) in [5, 5.41) is 3.13. The Bertz CT molecular complexity index is 391. The van der Waals surface area contributed by atoms with Gasteiger partial charge < -0.3 is 5.32 Å². The summed E-state index contributed by atoms with van der Waals surface area (Å²) in [6, 6.07) is 3.47. The molecule has 1 heterocycles. The minimum atomic E-state index is -4.07. The smallest absolute Gasteiger partial charge is 0.381 e. The maximum atomic E-state index is 12.7. The molecule has 0 spiro atoms. The highest BCUT2D eigenvalue weighted by molar-refractivity contribution is 9.10. The third-order valence-electron chi connectivity index (χ3n) is 3.24. The second kappa shape index (κ2) is 5.47. The molecule has 1 fully saturated rings. The van der Waals surface area contributed by atoms with E-state index in [2.05, 4.69) is 26.2 Å². The van der Waals surface area contributed by atoms with Gasteiger partial charge in [0.2, 0.25) is 0 Å². The molecule has 100 valence electrons. The van der Waals surface area contributed by atoms with Gasteiger partial charge in [-0.3, -0.25) is 0 Å². The van der Waals surface area contributed by atoms with Crippen LogP contribution in [0.5, 0.6) is 0 Å². The molecule has 1 aromatic rings. The molecule has 2 unspecified atom stereocenters. The topological polar surface area (TPSA) is 24.9 Å². The van der Waals surface area contributed by atoms with Gasteiger partial charge in [0.15, 0.2) is 0 Å². The summed E-state index contributed by atoms with van der Waals surface area (Å²) in [5.41, 5.74) is 0.769. The van der Waals surface area contributed by atoms with Crippen molar-refractivity contribution in [2.45, 2.75) is 37.9 Å². The fraction of sp³-hybridized carbons (Fsp3) is 0.583. The second-order valence-electron chi connectivity index (χ2n) is 4.62. The molecule has 0 bridgehead atoms. The molecule has 1 saturated carbocycles. The molecular weight excluding hydrogens is 309 g/mol. The number of nitrogens with zero attached hydrogens (tertiary/aromatic N) is 1. The van der Waals surface area contributed by atoms with Crippen LogP contribution in [0.2, 0.25) is 0 Å². The van der Waals surface area contributed by atoms with E-state index in [9.17, 15) is 13.2 Å². The highest BCUT2D eigenvalue weighted by atomic mass is 79.9. The van der Waals surface area contributed by atoms with Gasteiger partial charge in [0.05, 0.1) is 17.8 Å². The fourth-order valence-corrected chi connectivity index (χ4v) is 2.55. The van der Waals surface area contributed by atoms with Gasteiger partial charge >= 0.3 is 6.18 Å². The number of halogens is 4. The van der Waals surface area contributed by atoms with Gasteiger partial charge in [0.1, 0.15) is 4.60 Å². The summed E-state index contributed by atoms with van der Waals surface area (Å²) in [4.78, 5) is 4.04. The predicted octanol–water partition coefficient (Wildman–Crippen LogP) is 4.38. The lowest BCUT2D eigenvalue weighted by molar-refractivity contribution is -0.182. The van der Waals surface area contributed by atoms with Crippen molar-refractivity contribution in [1.29, 1.82) is 0 Å². The van der Waals surface area contributed by atoms with Gasteiger partial charge in [-0.15, -0.1) is 0 Å². The number of alkyl halides is 3. The van der Waals surface area contributed by atoms with Gasteiger partial charge in [-0.25, -0.2) is 4.98 Å². The average Bonchev–Trinajstić information content (AvgIpc) is 2.31. The van der Waals surface area contributed by atoms with Crippen molar-refractivity contribution in [3.8, 4) is 0 Å². The lowest BCUT2D eigenvalue weighted by Crippen LogP contribution is -2.34. The molecule has 1 aliphatic carbocycles. The number of rotatable bonds is 2. The predicted molar refractivity (Wildman–Crippen MR) is 67.4 cm³/mol. The van der Waals surface area contributed by atoms with Crippen LogP contribution in [-0.4, -0.2) is 17.2 Å². The zero-order chi connectivity index (χ0) is 13.2. The van der Waals surface area contributed by atoms with Crippen LogP contribution in [0.3, 0.4) is 0 Å². The first-order valence-electron chi connectivity index (χ1n) is 5.90. The zero-order valence-corrected chi connectivity index (χ0v) is 11.3. The minimum Gasteiger partial charge on any atom is -0.381 e. The van der Waals surface area contributed by atoms with Crippen molar-refractivity contribution < 1.29 is 13.2 Å². The standard InChI is InChI=1S/C12H14BrF3N2/c13-11-5-4-10(7-17-11)18-9-3-1-2-8(6-9)12(14,15)16/h4-5,7-9,18H,1-3,6H2. The van der Waals surface area contributed by atoms with Crippen molar-refractivity contribution in [3.05, 3.63) is 22.9 Å². The molecule has 6 heteroatoms. The van der Waals surface area contributed by atoms with E-state index in [1.165, 1.54) is 0 Å². The van der Waals surface area contributed by atoms with Crippen molar-refractivity contribution in [2.24, 2.45) is 5.92 Å². The third-order valence-corrected chi connectivity index (χ3v) is 3.70. The Balaban J connectivity index is 1.95. The van der Waals surface area contributed by atoms with Crippen LogP contribution in [0.4, 0.5) is 18.9 Å². The highest BCUT2D eigenvalue weighted by Crippen LogP contribution is 2.38. The van der Waals surface area contributed by atoms with Gasteiger partial charge in [-0.05, 0) is 47.3 Å². The Morgan fingerprint density at radius 2 is 2.06 bits per heavy atom. The van der Waals surface area contributed by atoms with E-state index in [-0.39, 0.29) is 18.9 Å². The molecule has 0 saturated heterocycles. The molecule has 2 nitrogen and oxygen atoms in total. The molecule has 0 radical (unpaired) electrons. The second-order valence-corrected chi connectivity index (χ2v) is 5.43. The molecule has 1 N–H and O–H groups in total. The highest BCUT2D eigenvalue weighted by Gasteiger charge is 2.42. The van der Waals surface area contributed by atoms with Gasteiger partial charge in [-0.1, -0.05) is 6.42 Å². The fourth-order valence-electron chi connectivity index (χ4n) is 2.32. The molecule has 1 aromatic heterocycles. The van der Waals surface area contributed by atoms with E-state index in [1.54, 1.807) is 12.3 Å². The molecule has 2 atom stereocenters. The quantitative estimate of drug-likeness (QED) is 0.817. The Kier molecular flexibility index (Phi) is 4.14. The van der Waals surface area contributed by atoms with Crippen LogP contribution >= 0.6 is 15.9 Å². The first-order chi connectivity index (χ1) is 8.45. The zero-order valence-electron chi connectivity index (χ0n) is 9.67. The Labute approximate surface area is 112 Å². The van der Waals surface area contributed by atoms with Crippen molar-refractivity contribution in [1.82, 2.24) is 4.98 Å². The maximum absolute atomic E-state index is 12.7. The monoisotopic (exact) mass is 322 g/mol. The summed E-state index contributed by atoms with van der Waals surface area (Å²) in [5.74, 6) is -1.17. The lowest BCUT2D eigenvalue weighted by Gasteiger charge is -2.31. The maximum Gasteiger partial charge on any atom is 0.391 e.